The summed E-state index contributed by atoms with van der Waals surface area (Å²) in [6.45, 7) is 5.22. The third-order valence-electron chi connectivity index (χ3n) is 3.45. The lowest BCUT2D eigenvalue weighted by Crippen LogP contribution is -2.37. The number of benzene rings is 1. The van der Waals surface area contributed by atoms with Crippen molar-refractivity contribution >= 4 is 43.6 Å². The number of hydrogen-bond donors (Lipinski definition) is 3. The van der Waals surface area contributed by atoms with E-state index in [1.54, 1.807) is 39.1 Å². The number of ether oxygens (including phenoxy) is 1. The van der Waals surface area contributed by atoms with Crippen LogP contribution < -0.4 is 15.4 Å². The average Bonchev–Trinajstić information content (AvgIpc) is 2.64. The summed E-state index contributed by atoms with van der Waals surface area (Å²) < 4.78 is 33.1. The summed E-state index contributed by atoms with van der Waals surface area (Å²) in [6.07, 6.45) is 2.32. The molecule has 2 amide bonds. The molecule has 2 aromatic rings. The fourth-order valence-corrected chi connectivity index (χ4v) is 3.67. The Morgan fingerprint density at radius 2 is 1.87 bits per heavy atom. The van der Waals surface area contributed by atoms with Crippen LogP contribution in [0.3, 0.4) is 0 Å². The Morgan fingerprint density at radius 1 is 1.13 bits per heavy atom. The van der Waals surface area contributed by atoms with Gasteiger partial charge in [0.05, 0.1) is 10.5 Å². The van der Waals surface area contributed by atoms with E-state index in [4.69, 9.17) is 4.74 Å². The van der Waals surface area contributed by atoms with Crippen LogP contribution in [0.15, 0.2) is 52.1 Å². The molecule has 162 valence electrons. The first-order valence-corrected chi connectivity index (χ1v) is 11.2. The first-order valence-electron chi connectivity index (χ1n) is 8.95. The van der Waals surface area contributed by atoms with Gasteiger partial charge >= 0.3 is 6.09 Å². The van der Waals surface area contributed by atoms with E-state index in [0.29, 0.717) is 15.7 Å². The zero-order valence-corrected chi connectivity index (χ0v) is 19.1. The predicted octanol–water partition coefficient (Wildman–Crippen LogP) is 2.90. The van der Waals surface area contributed by atoms with Crippen LogP contribution in [-0.4, -0.2) is 44.1 Å². The third kappa shape index (κ3) is 7.73. The lowest BCUT2D eigenvalue weighted by atomic mass is 10.2. The van der Waals surface area contributed by atoms with Gasteiger partial charge in [0.25, 0.3) is 5.91 Å². The molecule has 0 unspecified atom stereocenters. The van der Waals surface area contributed by atoms with Crippen molar-refractivity contribution in [1.29, 1.82) is 0 Å². The highest BCUT2D eigenvalue weighted by Gasteiger charge is 2.17. The molecule has 1 heterocycles. The van der Waals surface area contributed by atoms with E-state index in [1.807, 2.05) is 0 Å². The number of aromatic nitrogens is 1. The van der Waals surface area contributed by atoms with Crippen LogP contribution in [0.2, 0.25) is 0 Å². The molecule has 0 saturated heterocycles. The highest BCUT2D eigenvalue weighted by atomic mass is 79.9. The molecule has 0 spiro atoms. The van der Waals surface area contributed by atoms with Gasteiger partial charge in [0, 0.05) is 35.6 Å². The van der Waals surface area contributed by atoms with Crippen LogP contribution in [0.4, 0.5) is 10.5 Å². The minimum absolute atomic E-state index is 0.0232. The van der Waals surface area contributed by atoms with Crippen molar-refractivity contribution in [1.82, 2.24) is 15.0 Å². The summed E-state index contributed by atoms with van der Waals surface area (Å²) in [4.78, 5) is 27.8. The Hall–Kier alpha value is -2.50. The van der Waals surface area contributed by atoms with Crippen molar-refractivity contribution in [3.8, 4) is 0 Å². The number of rotatable bonds is 7. The molecule has 0 fully saturated rings. The Morgan fingerprint density at radius 3 is 2.53 bits per heavy atom. The monoisotopic (exact) mass is 498 g/mol. The van der Waals surface area contributed by atoms with Gasteiger partial charge in [0.15, 0.2) is 0 Å². The number of hydrogen-bond acceptors (Lipinski definition) is 6. The fourth-order valence-electron chi connectivity index (χ4n) is 2.23. The van der Waals surface area contributed by atoms with E-state index >= 15 is 0 Å². The minimum atomic E-state index is -3.84. The molecular weight excluding hydrogens is 476 g/mol. The second-order valence-corrected chi connectivity index (χ2v) is 9.88. The van der Waals surface area contributed by atoms with Gasteiger partial charge in [-0.3, -0.25) is 9.78 Å². The topological polar surface area (TPSA) is 126 Å². The van der Waals surface area contributed by atoms with Gasteiger partial charge in [-0.2, -0.15) is 0 Å². The molecule has 3 N–H and O–H groups in total. The quantitative estimate of drug-likeness (QED) is 0.503. The number of anilines is 1. The van der Waals surface area contributed by atoms with Crippen molar-refractivity contribution in [2.45, 2.75) is 31.3 Å². The minimum Gasteiger partial charge on any atom is -0.444 e. The summed E-state index contributed by atoms with van der Waals surface area (Å²) in [5.41, 5.74) is -0.000844. The van der Waals surface area contributed by atoms with Crippen LogP contribution in [0, 0.1) is 0 Å². The number of alkyl carbamates (subject to hydrolysis) is 1. The standard InChI is InChI=1S/C19H23BrN4O5S/c1-19(2,3)29-18(26)22-7-8-23-30(27,28)16-6-4-5-15(10-16)24-17(25)13-9-14(20)12-21-11-13/h4-6,9-12,23H,7-8H2,1-3H3,(H,22,26)(H,24,25). The van der Waals surface area contributed by atoms with Gasteiger partial charge < -0.3 is 15.4 Å². The van der Waals surface area contributed by atoms with Crippen LogP contribution in [0.25, 0.3) is 0 Å². The Bertz CT molecular complexity index is 1020. The number of pyridine rings is 1. The zero-order valence-electron chi connectivity index (χ0n) is 16.7. The molecule has 9 nitrogen and oxygen atoms in total. The van der Waals surface area contributed by atoms with E-state index in [-0.39, 0.29) is 18.0 Å². The van der Waals surface area contributed by atoms with E-state index < -0.39 is 27.6 Å². The Labute approximate surface area is 183 Å². The Kier molecular flexibility index (Phi) is 7.93. The maximum atomic E-state index is 12.5. The normalized spacial score (nSPS) is 11.6. The number of halogens is 1. The molecule has 0 aliphatic rings. The molecule has 0 radical (unpaired) electrons. The van der Waals surface area contributed by atoms with E-state index in [1.165, 1.54) is 24.4 Å². The maximum Gasteiger partial charge on any atom is 0.407 e. The SMILES string of the molecule is CC(C)(C)OC(=O)NCCNS(=O)(=O)c1cccc(NC(=O)c2cncc(Br)c2)c1. The molecule has 1 aromatic heterocycles. The second kappa shape index (κ2) is 10.0. The van der Waals surface area contributed by atoms with Crippen LogP contribution in [0.5, 0.6) is 0 Å². The summed E-state index contributed by atoms with van der Waals surface area (Å²) in [6, 6.07) is 7.43. The number of sulfonamides is 1. The zero-order chi connectivity index (χ0) is 22.4. The van der Waals surface area contributed by atoms with Crippen molar-refractivity contribution < 1.29 is 22.7 Å². The van der Waals surface area contributed by atoms with Gasteiger partial charge in [0.1, 0.15) is 5.60 Å². The van der Waals surface area contributed by atoms with Gasteiger partial charge in [-0.05, 0) is 61.0 Å². The molecule has 0 aliphatic carbocycles. The molecule has 30 heavy (non-hydrogen) atoms. The highest BCUT2D eigenvalue weighted by molar-refractivity contribution is 9.10. The van der Waals surface area contributed by atoms with Crippen molar-refractivity contribution in [2.24, 2.45) is 0 Å². The number of nitrogens with one attached hydrogen (secondary N) is 3. The van der Waals surface area contributed by atoms with Gasteiger partial charge in [0.2, 0.25) is 10.0 Å². The number of carbonyl (C=O) groups is 2. The number of carbonyl (C=O) groups excluding carboxylic acids is 2. The number of nitrogens with zero attached hydrogens (tertiary/aromatic N) is 1. The van der Waals surface area contributed by atoms with Crippen LogP contribution >= 0.6 is 15.9 Å². The molecule has 0 atom stereocenters. The van der Waals surface area contributed by atoms with Gasteiger partial charge in [-0.25, -0.2) is 17.9 Å². The summed E-state index contributed by atoms with van der Waals surface area (Å²) >= 11 is 3.24. The Balaban J connectivity index is 1.95. The fraction of sp³-hybridized carbons (Fsp3) is 0.316. The van der Waals surface area contributed by atoms with E-state index in [9.17, 15) is 18.0 Å². The van der Waals surface area contributed by atoms with Crippen molar-refractivity contribution in [2.75, 3.05) is 18.4 Å². The van der Waals surface area contributed by atoms with Crippen molar-refractivity contribution in [3.05, 3.63) is 52.8 Å². The maximum absolute atomic E-state index is 12.5. The molecule has 0 saturated carbocycles. The van der Waals surface area contributed by atoms with Crippen molar-refractivity contribution in [3.63, 3.8) is 0 Å². The first kappa shape index (κ1) is 23.8. The molecule has 2 rings (SSSR count). The molecule has 0 aliphatic heterocycles. The lowest BCUT2D eigenvalue weighted by molar-refractivity contribution is 0.0528. The summed E-state index contributed by atoms with van der Waals surface area (Å²) in [5, 5.41) is 5.10. The predicted molar refractivity (Wildman–Crippen MR) is 116 cm³/mol. The van der Waals surface area contributed by atoms with Crippen LogP contribution in [-0.2, 0) is 14.8 Å². The van der Waals surface area contributed by atoms with E-state index in [2.05, 4.69) is 36.3 Å². The first-order chi connectivity index (χ1) is 14.0. The summed E-state index contributed by atoms with van der Waals surface area (Å²) in [5.74, 6) is -0.423. The smallest absolute Gasteiger partial charge is 0.407 e. The molecular formula is C19H23BrN4O5S. The number of amides is 2. The highest BCUT2D eigenvalue weighted by Crippen LogP contribution is 2.17. The lowest BCUT2D eigenvalue weighted by Gasteiger charge is -2.19. The largest absolute Gasteiger partial charge is 0.444 e. The van der Waals surface area contributed by atoms with Gasteiger partial charge in [-0.1, -0.05) is 6.07 Å². The second-order valence-electron chi connectivity index (χ2n) is 7.20. The van der Waals surface area contributed by atoms with E-state index in [0.717, 1.165) is 0 Å². The van der Waals surface area contributed by atoms with Crippen LogP contribution in [0.1, 0.15) is 31.1 Å². The molecule has 11 heteroatoms. The average molecular weight is 499 g/mol. The third-order valence-corrected chi connectivity index (χ3v) is 5.35. The summed E-state index contributed by atoms with van der Waals surface area (Å²) in [7, 11) is -3.84. The van der Waals surface area contributed by atoms with Gasteiger partial charge in [-0.15, -0.1) is 0 Å². The molecule has 1 aromatic carbocycles. The molecule has 0 bridgehead atoms.